The van der Waals surface area contributed by atoms with Gasteiger partial charge in [-0.1, -0.05) is 12.1 Å². The maximum Gasteiger partial charge on any atom is 0.191 e. The summed E-state index contributed by atoms with van der Waals surface area (Å²) in [7, 11) is 1.64. The van der Waals surface area contributed by atoms with Crippen molar-refractivity contribution in [3.63, 3.8) is 0 Å². The molecule has 0 spiro atoms. The molecule has 0 amide bonds. The number of aromatic nitrogens is 2. The molecule has 1 heterocycles. The molecule has 2 N–H and O–H groups in total. The summed E-state index contributed by atoms with van der Waals surface area (Å²) in [6, 6.07) is 13.4. The van der Waals surface area contributed by atoms with E-state index < -0.39 is 11.6 Å². The lowest BCUT2D eigenvalue weighted by Gasteiger charge is -2.12. The van der Waals surface area contributed by atoms with E-state index in [4.69, 9.17) is 0 Å². The quantitative estimate of drug-likeness (QED) is 0.519. The molecule has 1 aromatic heterocycles. The first-order chi connectivity index (χ1) is 13.2. The van der Waals surface area contributed by atoms with E-state index in [1.165, 1.54) is 11.6 Å². The van der Waals surface area contributed by atoms with Crippen LogP contribution in [-0.4, -0.2) is 29.3 Å². The number of hydrogen-bond donors (Lipinski definition) is 2. The van der Waals surface area contributed by atoms with Crippen molar-refractivity contribution in [1.82, 2.24) is 20.4 Å². The Morgan fingerprint density at radius 3 is 2.63 bits per heavy atom. The van der Waals surface area contributed by atoms with Crippen molar-refractivity contribution in [3.8, 4) is 5.69 Å². The fraction of sp³-hybridized carbons (Fsp3) is 0.200. The minimum Gasteiger partial charge on any atom is -0.356 e. The van der Waals surface area contributed by atoms with E-state index in [0.29, 0.717) is 12.5 Å². The number of nitrogens with one attached hydrogen (secondary N) is 2. The molecule has 0 bridgehead atoms. The smallest absolute Gasteiger partial charge is 0.191 e. The Kier molecular flexibility index (Phi) is 6.14. The summed E-state index contributed by atoms with van der Waals surface area (Å²) >= 11 is 0. The van der Waals surface area contributed by atoms with Crippen molar-refractivity contribution < 1.29 is 8.78 Å². The summed E-state index contributed by atoms with van der Waals surface area (Å²) < 4.78 is 28.7. The van der Waals surface area contributed by atoms with Gasteiger partial charge in [-0.2, -0.15) is 5.10 Å². The molecule has 0 unspecified atom stereocenters. The molecule has 7 heteroatoms. The van der Waals surface area contributed by atoms with E-state index in [-0.39, 0.29) is 12.1 Å². The van der Waals surface area contributed by atoms with Gasteiger partial charge in [0.25, 0.3) is 0 Å². The van der Waals surface area contributed by atoms with Crippen LogP contribution in [0, 0.1) is 11.6 Å². The Morgan fingerprint density at radius 1 is 1.11 bits per heavy atom. The van der Waals surface area contributed by atoms with Crippen LogP contribution in [0.1, 0.15) is 11.1 Å². The standard InChI is InChI=1S/C20H21F2N5/c1-23-20(25-14-16-13-17(21)5-8-19(16)22)24-11-9-15-3-6-18(7-4-15)27-12-2-10-26-27/h2-8,10,12-13H,9,11,14H2,1H3,(H2,23,24,25). The van der Waals surface area contributed by atoms with E-state index in [0.717, 1.165) is 24.2 Å². The van der Waals surface area contributed by atoms with Gasteiger partial charge in [0, 0.05) is 38.1 Å². The van der Waals surface area contributed by atoms with E-state index in [9.17, 15) is 8.78 Å². The lowest BCUT2D eigenvalue weighted by Crippen LogP contribution is -2.38. The first-order valence-corrected chi connectivity index (χ1v) is 8.63. The molecule has 0 saturated carbocycles. The predicted octanol–water partition coefficient (Wildman–Crippen LogP) is 3.06. The molecular formula is C20H21F2N5. The molecule has 0 aliphatic heterocycles. The highest BCUT2D eigenvalue weighted by Crippen LogP contribution is 2.10. The molecule has 2 aromatic carbocycles. The minimum atomic E-state index is -0.463. The van der Waals surface area contributed by atoms with Crippen molar-refractivity contribution in [1.29, 1.82) is 0 Å². The topological polar surface area (TPSA) is 54.2 Å². The van der Waals surface area contributed by atoms with Crippen LogP contribution in [0.3, 0.4) is 0 Å². The Bertz CT molecular complexity index is 889. The van der Waals surface area contributed by atoms with Gasteiger partial charge in [-0.15, -0.1) is 0 Å². The van der Waals surface area contributed by atoms with Crippen LogP contribution < -0.4 is 10.6 Å². The van der Waals surface area contributed by atoms with Gasteiger partial charge in [0.05, 0.1) is 5.69 Å². The van der Waals surface area contributed by atoms with Gasteiger partial charge in [0.1, 0.15) is 11.6 Å². The number of aliphatic imine (C=N–C) groups is 1. The maximum atomic E-state index is 13.7. The summed E-state index contributed by atoms with van der Waals surface area (Å²) in [4.78, 5) is 4.10. The second kappa shape index (κ2) is 8.93. The zero-order valence-corrected chi connectivity index (χ0v) is 15.0. The van der Waals surface area contributed by atoms with E-state index in [1.807, 2.05) is 24.4 Å². The Balaban J connectivity index is 1.47. The van der Waals surface area contributed by atoms with Crippen molar-refractivity contribution >= 4 is 5.96 Å². The molecule has 0 saturated heterocycles. The van der Waals surface area contributed by atoms with Crippen LogP contribution in [0.4, 0.5) is 8.78 Å². The highest BCUT2D eigenvalue weighted by Gasteiger charge is 2.05. The third-order valence-electron chi connectivity index (χ3n) is 4.09. The molecule has 27 heavy (non-hydrogen) atoms. The molecule has 0 aliphatic rings. The van der Waals surface area contributed by atoms with Gasteiger partial charge in [-0.05, 0) is 48.4 Å². The summed E-state index contributed by atoms with van der Waals surface area (Å²) in [5, 5.41) is 10.4. The normalized spacial score (nSPS) is 11.4. The van der Waals surface area contributed by atoms with Gasteiger partial charge in [-0.25, -0.2) is 13.5 Å². The SMILES string of the molecule is CN=C(NCCc1ccc(-n2cccn2)cc1)NCc1cc(F)ccc1F. The monoisotopic (exact) mass is 369 g/mol. The molecule has 3 rings (SSSR count). The van der Waals surface area contributed by atoms with Gasteiger partial charge in [0.15, 0.2) is 5.96 Å². The molecule has 0 atom stereocenters. The number of guanidine groups is 1. The fourth-order valence-electron chi connectivity index (χ4n) is 2.64. The molecule has 140 valence electrons. The summed E-state index contributed by atoms with van der Waals surface area (Å²) in [5.74, 6) is -0.377. The van der Waals surface area contributed by atoms with Crippen molar-refractivity contribution in [3.05, 3.63) is 83.7 Å². The largest absolute Gasteiger partial charge is 0.356 e. The summed E-state index contributed by atoms with van der Waals surface area (Å²) in [6.45, 7) is 0.814. The molecule has 5 nitrogen and oxygen atoms in total. The average Bonchev–Trinajstić information content (AvgIpc) is 3.22. The summed E-state index contributed by atoms with van der Waals surface area (Å²) in [5.41, 5.74) is 2.43. The lowest BCUT2D eigenvalue weighted by molar-refractivity contribution is 0.581. The third-order valence-corrected chi connectivity index (χ3v) is 4.09. The van der Waals surface area contributed by atoms with Crippen LogP contribution in [-0.2, 0) is 13.0 Å². The highest BCUT2D eigenvalue weighted by molar-refractivity contribution is 5.79. The van der Waals surface area contributed by atoms with Crippen LogP contribution in [0.15, 0.2) is 65.9 Å². The van der Waals surface area contributed by atoms with Gasteiger partial charge in [0.2, 0.25) is 0 Å². The maximum absolute atomic E-state index is 13.7. The molecule has 0 radical (unpaired) electrons. The molecule has 0 aliphatic carbocycles. The number of hydrogen-bond acceptors (Lipinski definition) is 2. The molecule has 0 fully saturated rings. The van der Waals surface area contributed by atoms with Crippen LogP contribution in [0.2, 0.25) is 0 Å². The lowest BCUT2D eigenvalue weighted by atomic mass is 10.1. The van der Waals surface area contributed by atoms with Crippen molar-refractivity contribution in [2.75, 3.05) is 13.6 Å². The van der Waals surface area contributed by atoms with Crippen molar-refractivity contribution in [2.45, 2.75) is 13.0 Å². The Hall–Kier alpha value is -3.22. The number of halogens is 2. The van der Waals surface area contributed by atoms with Gasteiger partial charge >= 0.3 is 0 Å². The van der Waals surface area contributed by atoms with Gasteiger partial charge < -0.3 is 10.6 Å². The highest BCUT2D eigenvalue weighted by atomic mass is 19.1. The first-order valence-electron chi connectivity index (χ1n) is 8.63. The van der Waals surface area contributed by atoms with Crippen LogP contribution in [0.25, 0.3) is 5.69 Å². The zero-order valence-electron chi connectivity index (χ0n) is 15.0. The first kappa shape index (κ1) is 18.6. The fourth-order valence-corrected chi connectivity index (χ4v) is 2.64. The Labute approximate surface area is 156 Å². The van der Waals surface area contributed by atoms with E-state index >= 15 is 0 Å². The number of nitrogens with zero attached hydrogens (tertiary/aromatic N) is 3. The molecule has 3 aromatic rings. The second-order valence-electron chi connectivity index (χ2n) is 5.96. The Morgan fingerprint density at radius 2 is 1.93 bits per heavy atom. The van der Waals surface area contributed by atoms with E-state index in [2.05, 4.69) is 32.9 Å². The second-order valence-corrected chi connectivity index (χ2v) is 5.96. The zero-order chi connectivity index (χ0) is 19.1. The predicted molar refractivity (Wildman–Crippen MR) is 102 cm³/mol. The van der Waals surface area contributed by atoms with Crippen LogP contribution >= 0.6 is 0 Å². The number of rotatable bonds is 6. The molecular weight excluding hydrogens is 348 g/mol. The average molecular weight is 369 g/mol. The third kappa shape index (κ3) is 5.13. The van der Waals surface area contributed by atoms with Gasteiger partial charge in [-0.3, -0.25) is 4.99 Å². The minimum absolute atomic E-state index is 0.155. The van der Waals surface area contributed by atoms with Crippen LogP contribution in [0.5, 0.6) is 0 Å². The van der Waals surface area contributed by atoms with Crippen molar-refractivity contribution in [2.24, 2.45) is 4.99 Å². The summed E-state index contributed by atoms with van der Waals surface area (Å²) in [6.07, 6.45) is 4.44. The number of benzene rings is 2. The van der Waals surface area contributed by atoms with E-state index in [1.54, 1.807) is 17.9 Å².